The molecule has 1 aromatic rings. The average Bonchev–Trinajstić information content (AvgIpc) is 2.25. The van der Waals surface area contributed by atoms with Gasteiger partial charge in [-0.2, -0.15) is 0 Å². The van der Waals surface area contributed by atoms with Gasteiger partial charge in [0.25, 0.3) is 5.91 Å². The highest BCUT2D eigenvalue weighted by Crippen LogP contribution is 2.13. The molecular formula is C11H16N2O3. The summed E-state index contributed by atoms with van der Waals surface area (Å²) in [5.74, 6) is -0.536. The quantitative estimate of drug-likeness (QED) is 0.697. The van der Waals surface area contributed by atoms with Crippen molar-refractivity contribution >= 4 is 5.91 Å². The standard InChI is InChI=1S/C11H16N2O3/c1-7(2)8(6-14)13-11(16)10-9(15)4-3-5-12-10/h3-5,7-8,14-15H,6H2,1-2H3,(H,13,16)/t8-/m1/s1. The highest BCUT2D eigenvalue weighted by molar-refractivity contribution is 5.94. The minimum Gasteiger partial charge on any atom is -0.505 e. The molecule has 0 saturated heterocycles. The molecule has 16 heavy (non-hydrogen) atoms. The van der Waals surface area contributed by atoms with Gasteiger partial charge < -0.3 is 15.5 Å². The summed E-state index contributed by atoms with van der Waals surface area (Å²) in [5.41, 5.74) is -0.0263. The highest BCUT2D eigenvalue weighted by Gasteiger charge is 2.18. The number of aromatic nitrogens is 1. The molecule has 1 atom stereocenters. The number of aromatic hydroxyl groups is 1. The lowest BCUT2D eigenvalue weighted by atomic mass is 10.1. The van der Waals surface area contributed by atoms with Gasteiger partial charge in [-0.05, 0) is 18.1 Å². The summed E-state index contributed by atoms with van der Waals surface area (Å²) in [6, 6.07) is 2.59. The zero-order valence-corrected chi connectivity index (χ0v) is 9.34. The van der Waals surface area contributed by atoms with Gasteiger partial charge in [0, 0.05) is 6.20 Å². The van der Waals surface area contributed by atoms with Crippen LogP contribution >= 0.6 is 0 Å². The molecule has 0 aliphatic rings. The first-order valence-corrected chi connectivity index (χ1v) is 5.12. The molecule has 5 heteroatoms. The van der Waals surface area contributed by atoms with Crippen LogP contribution in [0.15, 0.2) is 18.3 Å². The van der Waals surface area contributed by atoms with Crippen LogP contribution in [0.2, 0.25) is 0 Å². The summed E-state index contributed by atoms with van der Waals surface area (Å²) < 4.78 is 0. The number of aliphatic hydroxyl groups is 1. The Morgan fingerprint density at radius 2 is 2.25 bits per heavy atom. The van der Waals surface area contributed by atoms with Crippen LogP contribution < -0.4 is 5.32 Å². The summed E-state index contributed by atoms with van der Waals surface area (Å²) in [6.07, 6.45) is 1.43. The molecule has 0 fully saturated rings. The fraction of sp³-hybridized carbons (Fsp3) is 0.455. The molecule has 88 valence electrons. The molecule has 1 aromatic heterocycles. The summed E-state index contributed by atoms with van der Waals surface area (Å²) in [5, 5.41) is 21.1. The fourth-order valence-electron chi connectivity index (χ4n) is 1.23. The van der Waals surface area contributed by atoms with Crippen LogP contribution in [0.1, 0.15) is 24.3 Å². The van der Waals surface area contributed by atoms with E-state index in [1.54, 1.807) is 0 Å². The molecule has 0 bridgehead atoms. The van der Waals surface area contributed by atoms with Crippen molar-refractivity contribution in [3.05, 3.63) is 24.0 Å². The third kappa shape index (κ3) is 2.93. The van der Waals surface area contributed by atoms with Crippen LogP contribution in [0, 0.1) is 5.92 Å². The van der Waals surface area contributed by atoms with E-state index in [-0.39, 0.29) is 30.0 Å². The number of aliphatic hydroxyl groups excluding tert-OH is 1. The minimum absolute atomic E-state index is 0.0263. The summed E-state index contributed by atoms with van der Waals surface area (Å²) in [4.78, 5) is 15.5. The molecule has 1 amide bonds. The first kappa shape index (κ1) is 12.4. The van der Waals surface area contributed by atoms with Crippen LogP contribution in [0.4, 0.5) is 0 Å². The van der Waals surface area contributed by atoms with Crippen LogP contribution in [-0.4, -0.2) is 33.8 Å². The topological polar surface area (TPSA) is 82.5 Å². The third-order valence-corrected chi connectivity index (χ3v) is 2.32. The van der Waals surface area contributed by atoms with E-state index in [0.29, 0.717) is 0 Å². The lowest BCUT2D eigenvalue weighted by Gasteiger charge is -2.19. The van der Waals surface area contributed by atoms with Gasteiger partial charge in [-0.3, -0.25) is 4.79 Å². The zero-order valence-electron chi connectivity index (χ0n) is 9.34. The summed E-state index contributed by atoms with van der Waals surface area (Å²) in [7, 11) is 0. The Kier molecular flexibility index (Phi) is 4.25. The molecule has 0 aliphatic heterocycles. The maximum absolute atomic E-state index is 11.7. The molecule has 5 nitrogen and oxygen atoms in total. The number of nitrogens with zero attached hydrogens (tertiary/aromatic N) is 1. The molecule has 0 aromatic carbocycles. The van der Waals surface area contributed by atoms with E-state index >= 15 is 0 Å². The van der Waals surface area contributed by atoms with Gasteiger partial charge in [0.2, 0.25) is 0 Å². The zero-order chi connectivity index (χ0) is 12.1. The molecule has 0 radical (unpaired) electrons. The highest BCUT2D eigenvalue weighted by atomic mass is 16.3. The summed E-state index contributed by atoms with van der Waals surface area (Å²) >= 11 is 0. The van der Waals surface area contributed by atoms with Crippen molar-refractivity contribution in [3.8, 4) is 5.75 Å². The Bertz CT molecular complexity index is 366. The maximum Gasteiger partial charge on any atom is 0.274 e. The van der Waals surface area contributed by atoms with Crippen LogP contribution in [-0.2, 0) is 0 Å². The molecule has 1 heterocycles. The lowest BCUT2D eigenvalue weighted by molar-refractivity contribution is 0.0889. The lowest BCUT2D eigenvalue weighted by Crippen LogP contribution is -2.41. The number of rotatable bonds is 4. The van der Waals surface area contributed by atoms with E-state index in [1.807, 2.05) is 13.8 Å². The van der Waals surface area contributed by atoms with Crippen molar-refractivity contribution in [3.63, 3.8) is 0 Å². The van der Waals surface area contributed by atoms with Gasteiger partial charge in [-0.15, -0.1) is 0 Å². The van der Waals surface area contributed by atoms with E-state index in [1.165, 1.54) is 18.3 Å². The first-order valence-electron chi connectivity index (χ1n) is 5.12. The minimum atomic E-state index is -0.481. The number of carbonyl (C=O) groups is 1. The molecule has 1 rings (SSSR count). The van der Waals surface area contributed by atoms with Crippen LogP contribution in [0.5, 0.6) is 5.75 Å². The van der Waals surface area contributed by atoms with Crippen molar-refractivity contribution in [2.45, 2.75) is 19.9 Å². The van der Waals surface area contributed by atoms with Crippen LogP contribution in [0.25, 0.3) is 0 Å². The normalized spacial score (nSPS) is 12.5. The molecule has 0 saturated carbocycles. The van der Waals surface area contributed by atoms with E-state index in [0.717, 1.165) is 0 Å². The van der Waals surface area contributed by atoms with Crippen molar-refractivity contribution in [2.75, 3.05) is 6.61 Å². The van der Waals surface area contributed by atoms with Gasteiger partial charge in [0.1, 0.15) is 5.75 Å². The van der Waals surface area contributed by atoms with Crippen molar-refractivity contribution in [2.24, 2.45) is 5.92 Å². The van der Waals surface area contributed by atoms with Crippen LogP contribution in [0.3, 0.4) is 0 Å². The fourth-order valence-corrected chi connectivity index (χ4v) is 1.23. The van der Waals surface area contributed by atoms with Gasteiger partial charge in [0.15, 0.2) is 5.69 Å². The maximum atomic E-state index is 11.7. The molecule has 0 aliphatic carbocycles. The second kappa shape index (κ2) is 5.46. The second-order valence-electron chi connectivity index (χ2n) is 3.88. The molecule has 0 spiro atoms. The Labute approximate surface area is 94.1 Å². The van der Waals surface area contributed by atoms with Crippen molar-refractivity contribution < 1.29 is 15.0 Å². The Balaban J connectivity index is 2.76. The molecule has 3 N–H and O–H groups in total. The number of nitrogens with one attached hydrogen (secondary N) is 1. The Hall–Kier alpha value is -1.62. The van der Waals surface area contributed by atoms with E-state index in [4.69, 9.17) is 5.11 Å². The predicted molar refractivity (Wildman–Crippen MR) is 59.1 cm³/mol. The smallest absolute Gasteiger partial charge is 0.274 e. The van der Waals surface area contributed by atoms with Gasteiger partial charge in [0.05, 0.1) is 12.6 Å². The van der Waals surface area contributed by atoms with Crippen molar-refractivity contribution in [1.29, 1.82) is 0 Å². The van der Waals surface area contributed by atoms with Gasteiger partial charge >= 0.3 is 0 Å². The largest absolute Gasteiger partial charge is 0.505 e. The summed E-state index contributed by atoms with van der Waals surface area (Å²) in [6.45, 7) is 3.63. The number of pyridine rings is 1. The molecular weight excluding hydrogens is 208 g/mol. The third-order valence-electron chi connectivity index (χ3n) is 2.32. The number of hydrogen-bond donors (Lipinski definition) is 3. The van der Waals surface area contributed by atoms with Crippen molar-refractivity contribution in [1.82, 2.24) is 10.3 Å². The van der Waals surface area contributed by atoms with E-state index in [9.17, 15) is 9.90 Å². The SMILES string of the molecule is CC(C)[C@@H](CO)NC(=O)c1ncccc1O. The second-order valence-corrected chi connectivity index (χ2v) is 3.88. The average molecular weight is 224 g/mol. The number of hydrogen-bond acceptors (Lipinski definition) is 4. The Morgan fingerprint density at radius 3 is 2.75 bits per heavy atom. The van der Waals surface area contributed by atoms with Gasteiger partial charge in [-0.1, -0.05) is 13.8 Å². The number of carbonyl (C=O) groups excluding carboxylic acids is 1. The molecule has 0 unspecified atom stereocenters. The van der Waals surface area contributed by atoms with Gasteiger partial charge in [-0.25, -0.2) is 4.98 Å². The van der Waals surface area contributed by atoms with E-state index in [2.05, 4.69) is 10.3 Å². The number of amides is 1. The monoisotopic (exact) mass is 224 g/mol. The van der Waals surface area contributed by atoms with E-state index < -0.39 is 5.91 Å². The predicted octanol–water partition coefficient (Wildman–Crippen LogP) is 0.534. The first-order chi connectivity index (χ1) is 7.56. The Morgan fingerprint density at radius 1 is 1.56 bits per heavy atom.